The summed E-state index contributed by atoms with van der Waals surface area (Å²) in [6, 6.07) is 47.4. The first-order valence-corrected chi connectivity index (χ1v) is 12.9. The first-order chi connectivity index (χ1) is 17.8. The molecule has 0 aliphatic heterocycles. The van der Waals surface area contributed by atoms with E-state index in [4.69, 9.17) is 0 Å². The van der Waals surface area contributed by atoms with Gasteiger partial charge < -0.3 is 0 Å². The monoisotopic (exact) mass is 460 g/mol. The molecule has 0 spiro atoms. The third kappa shape index (κ3) is 2.88. The largest absolute Gasteiger partial charge is 0.0751 e. The molecule has 1 unspecified atom stereocenters. The van der Waals surface area contributed by atoms with Crippen LogP contribution in [-0.4, -0.2) is 0 Å². The van der Waals surface area contributed by atoms with Crippen molar-refractivity contribution in [1.82, 2.24) is 0 Å². The fourth-order valence-corrected chi connectivity index (χ4v) is 7.01. The summed E-state index contributed by atoms with van der Waals surface area (Å²) in [5, 5.41) is 0. The van der Waals surface area contributed by atoms with E-state index in [-0.39, 0.29) is 17.3 Å². The van der Waals surface area contributed by atoms with Gasteiger partial charge in [-0.2, -0.15) is 0 Å². The zero-order chi connectivity index (χ0) is 24.1. The van der Waals surface area contributed by atoms with Crippen LogP contribution in [-0.2, 0) is 5.41 Å². The number of rotatable bonds is 4. The van der Waals surface area contributed by atoms with Crippen molar-refractivity contribution in [3.63, 3.8) is 0 Å². The Morgan fingerprint density at radius 1 is 0.500 bits per heavy atom. The molecule has 0 aromatic heterocycles. The quantitative estimate of drug-likeness (QED) is 0.251. The summed E-state index contributed by atoms with van der Waals surface area (Å²) >= 11 is 0. The molecule has 0 nitrogen and oxygen atoms in total. The van der Waals surface area contributed by atoms with E-state index in [1.165, 1.54) is 50.1 Å². The molecular weight excluding hydrogens is 432 g/mol. The van der Waals surface area contributed by atoms with Crippen LogP contribution in [0.1, 0.15) is 50.8 Å². The minimum Gasteiger partial charge on any atom is -0.0751 e. The van der Waals surface area contributed by atoms with Gasteiger partial charge in [-0.05, 0) is 57.0 Å². The molecule has 0 heteroatoms. The molecule has 0 amide bonds. The maximum Gasteiger partial charge on any atom is 0.0415 e. The number of fused-ring (bicyclic) bond motifs is 4. The zero-order valence-electron chi connectivity index (χ0n) is 20.4. The fraction of sp³-hybridized carbons (Fsp3) is 0.111. The second-order valence-electron chi connectivity index (χ2n) is 10.1. The molecule has 0 N–H and O–H groups in total. The highest BCUT2D eigenvalue weighted by Gasteiger charge is 2.53. The highest BCUT2D eigenvalue weighted by molar-refractivity contribution is 5.82. The Morgan fingerprint density at radius 3 is 1.58 bits per heavy atom. The van der Waals surface area contributed by atoms with E-state index in [0.717, 1.165) is 0 Å². The molecule has 2 aliphatic carbocycles. The zero-order valence-corrected chi connectivity index (χ0v) is 20.4. The Morgan fingerprint density at radius 2 is 1.00 bits per heavy atom. The van der Waals surface area contributed by atoms with Gasteiger partial charge in [0.05, 0.1) is 0 Å². The molecule has 0 heterocycles. The fourth-order valence-electron chi connectivity index (χ4n) is 7.01. The first-order valence-electron chi connectivity index (χ1n) is 12.9. The maximum atomic E-state index is 2.47. The second-order valence-corrected chi connectivity index (χ2v) is 10.1. The minimum absolute atomic E-state index is 0.177. The Labute approximate surface area is 213 Å². The van der Waals surface area contributed by atoms with Crippen LogP contribution in [0.2, 0.25) is 0 Å². The van der Waals surface area contributed by atoms with E-state index in [1.807, 2.05) is 0 Å². The lowest BCUT2D eigenvalue weighted by atomic mass is 9.55. The molecule has 2 aliphatic rings. The third-order valence-corrected chi connectivity index (χ3v) is 8.43. The van der Waals surface area contributed by atoms with E-state index in [0.29, 0.717) is 0 Å². The van der Waals surface area contributed by atoms with Gasteiger partial charge >= 0.3 is 0 Å². The van der Waals surface area contributed by atoms with Crippen molar-refractivity contribution in [2.24, 2.45) is 0 Å². The van der Waals surface area contributed by atoms with Crippen molar-refractivity contribution in [2.45, 2.75) is 24.2 Å². The van der Waals surface area contributed by atoms with Gasteiger partial charge in [0, 0.05) is 17.3 Å². The van der Waals surface area contributed by atoms with E-state index in [1.54, 1.807) is 0 Å². The van der Waals surface area contributed by atoms with Gasteiger partial charge in [-0.3, -0.25) is 0 Å². The Hall–Kier alpha value is -4.16. The highest BCUT2D eigenvalue weighted by atomic mass is 14.5. The van der Waals surface area contributed by atoms with Gasteiger partial charge in [0.2, 0.25) is 0 Å². The van der Waals surface area contributed by atoms with Gasteiger partial charge in [0.1, 0.15) is 0 Å². The van der Waals surface area contributed by atoms with Gasteiger partial charge in [-0.1, -0.05) is 140 Å². The number of allylic oxidation sites excluding steroid dienone is 1. The van der Waals surface area contributed by atoms with Crippen molar-refractivity contribution >= 4 is 6.08 Å². The van der Waals surface area contributed by atoms with Gasteiger partial charge in [-0.25, -0.2) is 0 Å². The standard InChI is InChI=1S/C36H28/c1-25-13-12-22-31-28(25)23-24-34(31)36(26-14-4-2-5-15-26,27-16-6-3-7-17-27)35-32-20-10-8-18-29(32)30-19-9-11-21-33(30)35/h2-24,34-35H,1H3. The van der Waals surface area contributed by atoms with E-state index in [2.05, 4.69) is 146 Å². The lowest BCUT2D eigenvalue weighted by Crippen LogP contribution is -2.40. The molecule has 172 valence electrons. The van der Waals surface area contributed by atoms with Crippen molar-refractivity contribution in [3.05, 3.63) is 172 Å². The van der Waals surface area contributed by atoms with Crippen LogP contribution in [0, 0.1) is 6.92 Å². The first kappa shape index (κ1) is 21.1. The predicted octanol–water partition coefficient (Wildman–Crippen LogP) is 8.90. The van der Waals surface area contributed by atoms with Gasteiger partial charge in [0.25, 0.3) is 0 Å². The van der Waals surface area contributed by atoms with Crippen LogP contribution in [0.15, 0.2) is 133 Å². The van der Waals surface area contributed by atoms with E-state index in [9.17, 15) is 0 Å². The molecular formula is C36H28. The molecule has 0 saturated carbocycles. The molecule has 5 aromatic carbocycles. The van der Waals surface area contributed by atoms with Crippen molar-refractivity contribution in [2.75, 3.05) is 0 Å². The molecule has 0 fully saturated rings. The van der Waals surface area contributed by atoms with Crippen LogP contribution >= 0.6 is 0 Å². The van der Waals surface area contributed by atoms with E-state index >= 15 is 0 Å². The Kier molecular flexibility index (Phi) is 4.82. The molecule has 0 bridgehead atoms. The van der Waals surface area contributed by atoms with E-state index < -0.39 is 0 Å². The lowest BCUT2D eigenvalue weighted by molar-refractivity contribution is 0.417. The molecule has 0 saturated heterocycles. The molecule has 5 aromatic rings. The summed E-state index contributed by atoms with van der Waals surface area (Å²) in [6.07, 6.45) is 4.84. The Balaban J connectivity index is 1.64. The highest BCUT2D eigenvalue weighted by Crippen LogP contribution is 2.62. The van der Waals surface area contributed by atoms with Crippen molar-refractivity contribution in [1.29, 1.82) is 0 Å². The molecule has 1 atom stereocenters. The second kappa shape index (κ2) is 8.21. The summed E-state index contributed by atoms with van der Waals surface area (Å²) in [4.78, 5) is 0. The summed E-state index contributed by atoms with van der Waals surface area (Å²) in [5.74, 6) is 0.372. The number of hydrogen-bond acceptors (Lipinski definition) is 0. The van der Waals surface area contributed by atoms with Crippen molar-refractivity contribution in [3.8, 4) is 11.1 Å². The van der Waals surface area contributed by atoms with Gasteiger partial charge in [-0.15, -0.1) is 0 Å². The van der Waals surface area contributed by atoms with Crippen LogP contribution < -0.4 is 0 Å². The predicted molar refractivity (Wildman–Crippen MR) is 150 cm³/mol. The SMILES string of the molecule is Cc1cccc2c1C=CC2C(c1ccccc1)(c1ccccc1)C1c2ccccc2-c2ccccc21. The average molecular weight is 461 g/mol. The summed E-state index contributed by atoms with van der Waals surface area (Å²) in [6.45, 7) is 2.23. The lowest BCUT2D eigenvalue weighted by Gasteiger charge is -2.46. The summed E-state index contributed by atoms with van der Waals surface area (Å²) in [5.41, 5.74) is 12.1. The van der Waals surface area contributed by atoms with Crippen LogP contribution in [0.5, 0.6) is 0 Å². The molecule has 0 radical (unpaired) electrons. The van der Waals surface area contributed by atoms with Crippen LogP contribution in [0.25, 0.3) is 17.2 Å². The smallest absolute Gasteiger partial charge is 0.0415 e. The van der Waals surface area contributed by atoms with Gasteiger partial charge in [0.15, 0.2) is 0 Å². The molecule has 7 rings (SSSR count). The normalized spacial score (nSPS) is 16.0. The topological polar surface area (TPSA) is 0 Å². The molecule has 36 heavy (non-hydrogen) atoms. The third-order valence-electron chi connectivity index (χ3n) is 8.43. The Bertz CT molecular complexity index is 1510. The minimum atomic E-state index is -0.319. The number of hydrogen-bond donors (Lipinski definition) is 0. The van der Waals surface area contributed by atoms with Crippen LogP contribution in [0.3, 0.4) is 0 Å². The maximum absolute atomic E-state index is 2.47. The summed E-state index contributed by atoms with van der Waals surface area (Å²) in [7, 11) is 0. The van der Waals surface area contributed by atoms with Crippen LogP contribution in [0.4, 0.5) is 0 Å². The number of benzene rings is 5. The van der Waals surface area contributed by atoms with Crippen molar-refractivity contribution < 1.29 is 0 Å². The average Bonchev–Trinajstić information content (AvgIpc) is 3.52. The summed E-state index contributed by atoms with van der Waals surface area (Å²) < 4.78 is 0. The number of aryl methyl sites for hydroxylation is 1.